The van der Waals surface area contributed by atoms with Gasteiger partial charge >= 0.3 is 5.97 Å². The molecule has 0 aliphatic heterocycles. The Morgan fingerprint density at radius 3 is 2.48 bits per heavy atom. The molecule has 2 aromatic rings. The van der Waals surface area contributed by atoms with E-state index in [1.165, 1.54) is 16.1 Å². The first kappa shape index (κ1) is 16.1. The van der Waals surface area contributed by atoms with Crippen LogP contribution in [0.4, 0.5) is 0 Å². The normalized spacial score (nSPS) is 11.2. The molecule has 0 N–H and O–H groups in total. The SMILES string of the molecule is CC(=O)O/C(=C\SCc1ccccc1I)c1ccccc1. The average Bonchev–Trinajstić information content (AvgIpc) is 2.49. The zero-order chi connectivity index (χ0) is 15.1. The summed E-state index contributed by atoms with van der Waals surface area (Å²) >= 11 is 3.95. The first-order valence-corrected chi connectivity index (χ1v) is 8.58. The van der Waals surface area contributed by atoms with Gasteiger partial charge in [-0.1, -0.05) is 48.5 Å². The number of rotatable bonds is 5. The largest absolute Gasteiger partial charge is 0.426 e. The van der Waals surface area contributed by atoms with Crippen molar-refractivity contribution < 1.29 is 9.53 Å². The predicted octanol–water partition coefficient (Wildman–Crippen LogP) is 5.09. The second-order valence-corrected chi connectivity index (χ2v) is 6.36. The molecule has 0 aliphatic rings. The fraction of sp³-hybridized carbons (Fsp3) is 0.118. The zero-order valence-corrected chi connectivity index (χ0v) is 14.6. The second-order valence-electron chi connectivity index (χ2n) is 4.34. The van der Waals surface area contributed by atoms with Crippen molar-refractivity contribution in [2.45, 2.75) is 12.7 Å². The van der Waals surface area contributed by atoms with Crippen LogP contribution in [0.1, 0.15) is 18.1 Å². The van der Waals surface area contributed by atoms with Crippen LogP contribution in [0.2, 0.25) is 0 Å². The lowest BCUT2D eigenvalue weighted by atomic mass is 10.2. The molecule has 0 radical (unpaired) electrons. The molecule has 0 saturated heterocycles. The number of carbonyl (C=O) groups is 1. The van der Waals surface area contributed by atoms with Gasteiger partial charge in [-0.25, -0.2) is 0 Å². The van der Waals surface area contributed by atoms with E-state index in [-0.39, 0.29) is 5.97 Å². The number of ether oxygens (including phenoxy) is 1. The summed E-state index contributed by atoms with van der Waals surface area (Å²) in [6.45, 7) is 1.42. The number of hydrogen-bond donors (Lipinski definition) is 0. The number of halogens is 1. The molecule has 0 amide bonds. The minimum atomic E-state index is -0.306. The summed E-state index contributed by atoms with van der Waals surface area (Å²) in [4.78, 5) is 11.2. The predicted molar refractivity (Wildman–Crippen MR) is 96.6 cm³/mol. The monoisotopic (exact) mass is 410 g/mol. The summed E-state index contributed by atoms with van der Waals surface area (Å²) < 4.78 is 6.54. The van der Waals surface area contributed by atoms with Crippen LogP contribution in [0.15, 0.2) is 60.0 Å². The van der Waals surface area contributed by atoms with Crippen molar-refractivity contribution in [3.63, 3.8) is 0 Å². The van der Waals surface area contributed by atoms with Gasteiger partial charge in [0.15, 0.2) is 0 Å². The summed E-state index contributed by atoms with van der Waals surface area (Å²) in [5.41, 5.74) is 2.18. The van der Waals surface area contributed by atoms with Gasteiger partial charge in [0, 0.05) is 27.2 Å². The van der Waals surface area contributed by atoms with Crippen LogP contribution >= 0.6 is 34.4 Å². The molecule has 2 nitrogen and oxygen atoms in total. The third kappa shape index (κ3) is 5.21. The summed E-state index contributed by atoms with van der Waals surface area (Å²) in [6.07, 6.45) is 0. The third-order valence-electron chi connectivity index (χ3n) is 2.70. The van der Waals surface area contributed by atoms with Gasteiger partial charge in [-0.05, 0) is 34.2 Å². The van der Waals surface area contributed by atoms with Crippen molar-refractivity contribution in [1.29, 1.82) is 0 Å². The van der Waals surface area contributed by atoms with Crippen LogP contribution < -0.4 is 0 Å². The van der Waals surface area contributed by atoms with E-state index in [4.69, 9.17) is 4.74 Å². The quantitative estimate of drug-likeness (QED) is 0.391. The molecule has 21 heavy (non-hydrogen) atoms. The Morgan fingerprint density at radius 2 is 1.81 bits per heavy atom. The van der Waals surface area contributed by atoms with Crippen molar-refractivity contribution in [3.05, 3.63) is 74.7 Å². The van der Waals surface area contributed by atoms with Gasteiger partial charge in [0.25, 0.3) is 0 Å². The molecule has 0 heterocycles. The highest BCUT2D eigenvalue weighted by Gasteiger charge is 2.06. The molecular weight excluding hydrogens is 395 g/mol. The van der Waals surface area contributed by atoms with Crippen molar-refractivity contribution in [1.82, 2.24) is 0 Å². The molecule has 2 rings (SSSR count). The van der Waals surface area contributed by atoms with Crippen molar-refractivity contribution >= 4 is 46.1 Å². The number of thioether (sulfide) groups is 1. The highest BCUT2D eigenvalue weighted by molar-refractivity contribution is 14.1. The molecule has 0 saturated carbocycles. The lowest BCUT2D eigenvalue weighted by Gasteiger charge is -2.07. The molecular formula is C17H15IO2S. The Kier molecular flexibility index (Phi) is 6.32. The topological polar surface area (TPSA) is 26.3 Å². The Hall–Kier alpha value is -1.27. The molecule has 0 fully saturated rings. The minimum absolute atomic E-state index is 0.306. The smallest absolute Gasteiger partial charge is 0.308 e. The van der Waals surface area contributed by atoms with E-state index in [1.807, 2.05) is 47.9 Å². The highest BCUT2D eigenvalue weighted by atomic mass is 127. The summed E-state index contributed by atoms with van der Waals surface area (Å²) in [5.74, 6) is 1.13. The van der Waals surface area contributed by atoms with Crippen LogP contribution in [0, 0.1) is 3.57 Å². The van der Waals surface area contributed by atoms with Crippen molar-refractivity contribution in [2.75, 3.05) is 0 Å². The van der Waals surface area contributed by atoms with E-state index < -0.39 is 0 Å². The highest BCUT2D eigenvalue weighted by Crippen LogP contribution is 2.24. The Balaban J connectivity index is 2.10. The molecule has 0 spiro atoms. The number of carbonyl (C=O) groups excluding carboxylic acids is 1. The van der Waals surface area contributed by atoms with Crippen molar-refractivity contribution in [2.24, 2.45) is 0 Å². The van der Waals surface area contributed by atoms with Gasteiger partial charge in [0.05, 0.1) is 0 Å². The second kappa shape index (κ2) is 8.24. The van der Waals surface area contributed by atoms with E-state index >= 15 is 0 Å². The molecule has 0 aliphatic carbocycles. The Labute approximate surface area is 142 Å². The standard InChI is InChI=1S/C17H15IO2S/c1-13(19)20-17(14-7-3-2-4-8-14)12-21-11-15-9-5-6-10-16(15)18/h2-10,12H,11H2,1H3/b17-12-. The number of benzene rings is 2. The maximum atomic E-state index is 11.2. The van der Waals surface area contributed by atoms with E-state index in [0.717, 1.165) is 11.3 Å². The molecule has 0 atom stereocenters. The minimum Gasteiger partial charge on any atom is -0.426 e. The molecule has 0 bridgehead atoms. The van der Waals surface area contributed by atoms with E-state index in [0.29, 0.717) is 5.76 Å². The first-order valence-electron chi connectivity index (χ1n) is 6.46. The van der Waals surface area contributed by atoms with E-state index in [2.05, 4.69) is 34.7 Å². The van der Waals surface area contributed by atoms with Gasteiger partial charge in [-0.3, -0.25) is 4.79 Å². The molecule has 0 aromatic heterocycles. The lowest BCUT2D eigenvalue weighted by Crippen LogP contribution is -1.98. The number of esters is 1. The zero-order valence-electron chi connectivity index (χ0n) is 11.6. The van der Waals surface area contributed by atoms with Gasteiger partial charge in [0.2, 0.25) is 0 Å². The van der Waals surface area contributed by atoms with Crippen LogP contribution in [-0.4, -0.2) is 5.97 Å². The van der Waals surface area contributed by atoms with Gasteiger partial charge < -0.3 is 4.74 Å². The average molecular weight is 410 g/mol. The fourth-order valence-electron chi connectivity index (χ4n) is 1.73. The molecule has 0 unspecified atom stereocenters. The van der Waals surface area contributed by atoms with Gasteiger partial charge in [-0.2, -0.15) is 0 Å². The van der Waals surface area contributed by atoms with Crippen LogP contribution in [0.25, 0.3) is 5.76 Å². The molecule has 108 valence electrons. The van der Waals surface area contributed by atoms with Crippen LogP contribution in [0.5, 0.6) is 0 Å². The summed E-state index contributed by atoms with van der Waals surface area (Å²) in [6, 6.07) is 17.9. The Morgan fingerprint density at radius 1 is 1.14 bits per heavy atom. The molecule has 4 heteroatoms. The van der Waals surface area contributed by atoms with E-state index in [1.54, 1.807) is 11.8 Å². The third-order valence-corrected chi connectivity index (χ3v) is 4.61. The first-order chi connectivity index (χ1) is 10.2. The lowest BCUT2D eigenvalue weighted by molar-refractivity contribution is -0.134. The van der Waals surface area contributed by atoms with Gasteiger partial charge in [0.1, 0.15) is 5.76 Å². The van der Waals surface area contributed by atoms with Crippen molar-refractivity contribution in [3.8, 4) is 0 Å². The maximum absolute atomic E-state index is 11.2. The number of hydrogen-bond acceptors (Lipinski definition) is 3. The molecule has 2 aromatic carbocycles. The summed E-state index contributed by atoms with van der Waals surface area (Å²) in [5, 5.41) is 1.90. The summed E-state index contributed by atoms with van der Waals surface area (Å²) in [7, 11) is 0. The Bertz CT molecular complexity index is 638. The van der Waals surface area contributed by atoms with Crippen LogP contribution in [-0.2, 0) is 15.3 Å². The van der Waals surface area contributed by atoms with E-state index in [9.17, 15) is 4.79 Å². The fourth-order valence-corrected chi connectivity index (χ4v) is 3.42. The maximum Gasteiger partial charge on any atom is 0.308 e. The van der Waals surface area contributed by atoms with Crippen LogP contribution in [0.3, 0.4) is 0 Å². The van der Waals surface area contributed by atoms with Gasteiger partial charge in [-0.15, -0.1) is 11.8 Å².